The van der Waals surface area contributed by atoms with Crippen molar-refractivity contribution < 1.29 is 89.0 Å². The molecule has 0 saturated carbocycles. The first-order valence-electron chi connectivity index (χ1n) is 18.2. The van der Waals surface area contributed by atoms with Crippen molar-refractivity contribution in [2.45, 2.75) is 110 Å². The number of ether oxygens (including phenoxy) is 9. The molecule has 0 bridgehead atoms. The van der Waals surface area contributed by atoms with Crippen molar-refractivity contribution in [1.82, 2.24) is 5.32 Å². The fraction of sp³-hybridized carbons (Fsp3) is 0.676. The highest BCUT2D eigenvalue weighted by Gasteiger charge is 2.51. The van der Waals surface area contributed by atoms with E-state index >= 15 is 0 Å². The first kappa shape index (κ1) is 48.9. The van der Waals surface area contributed by atoms with Gasteiger partial charge in [0, 0.05) is 59.8 Å². The number of benzene rings is 1. The summed E-state index contributed by atoms with van der Waals surface area (Å²) >= 11 is 0. The average molecular weight is 826 g/mol. The highest BCUT2D eigenvalue weighted by atomic mass is 19.2. The van der Waals surface area contributed by atoms with Gasteiger partial charge in [-0.15, -0.1) is 0 Å². The number of ketones is 2. The Morgan fingerprint density at radius 1 is 0.719 bits per heavy atom. The molecule has 57 heavy (non-hydrogen) atoms. The molecule has 0 radical (unpaired) electrons. The second-order valence-electron chi connectivity index (χ2n) is 13.3. The number of unbranched alkanes of at least 4 members (excludes halogenated alkanes) is 1. The van der Waals surface area contributed by atoms with Gasteiger partial charge in [0.25, 0.3) is 0 Å². The van der Waals surface area contributed by atoms with E-state index < -0.39 is 101 Å². The van der Waals surface area contributed by atoms with Gasteiger partial charge in [0.2, 0.25) is 23.3 Å². The molecule has 0 aliphatic carbocycles. The predicted molar refractivity (Wildman–Crippen MR) is 186 cm³/mol. The third-order valence-electron chi connectivity index (χ3n) is 8.02. The maximum absolute atomic E-state index is 13.9. The molecular formula is C37H51F4NO15. The highest BCUT2D eigenvalue weighted by Crippen LogP contribution is 2.31. The molecule has 2 rings (SSSR count). The van der Waals surface area contributed by atoms with Crippen molar-refractivity contribution in [3.63, 3.8) is 0 Å². The number of esters is 3. The molecule has 0 aromatic heterocycles. The first-order valence-corrected chi connectivity index (χ1v) is 18.2. The van der Waals surface area contributed by atoms with Crippen LogP contribution in [0.25, 0.3) is 0 Å². The Morgan fingerprint density at radius 3 is 1.86 bits per heavy atom. The number of nitrogens with one attached hydrogen (secondary N) is 1. The molecule has 0 spiro atoms. The van der Waals surface area contributed by atoms with Crippen molar-refractivity contribution in [3.8, 4) is 5.75 Å². The molecular weight excluding hydrogens is 774 g/mol. The van der Waals surface area contributed by atoms with Gasteiger partial charge in [-0.25, -0.2) is 8.78 Å². The van der Waals surface area contributed by atoms with Crippen molar-refractivity contribution >= 4 is 35.4 Å². The van der Waals surface area contributed by atoms with Crippen LogP contribution in [-0.2, 0) is 66.7 Å². The van der Waals surface area contributed by atoms with Crippen LogP contribution in [0.15, 0.2) is 6.07 Å². The second-order valence-corrected chi connectivity index (χ2v) is 13.3. The number of amides is 1. The van der Waals surface area contributed by atoms with Crippen LogP contribution in [0.4, 0.5) is 17.6 Å². The lowest BCUT2D eigenvalue weighted by Gasteiger charge is -2.44. The minimum absolute atomic E-state index is 0.000816. The number of carbonyl (C=O) groups excluding carboxylic acids is 6. The maximum Gasteiger partial charge on any atom is 0.303 e. The Labute approximate surface area is 327 Å². The molecule has 1 aromatic rings. The molecule has 1 amide bonds. The summed E-state index contributed by atoms with van der Waals surface area (Å²) in [6, 6.07) is -1.06. The van der Waals surface area contributed by atoms with E-state index in [9.17, 15) is 46.3 Å². The van der Waals surface area contributed by atoms with Crippen molar-refractivity contribution in [2.75, 3.05) is 52.9 Å². The SMILES string of the molecule is CC(=O)N[C@H]1[C@H](OCCCCC(=O)CCCOCCOCCOCC(=O)C(C)(C)Oc2c(F)c(F)cc(F)c2F)O[C@H](COC(C)=O)[C@H](OC(C)=O)[C@@H]1OC(C)=O. The van der Waals surface area contributed by atoms with Crippen molar-refractivity contribution in [3.05, 3.63) is 29.3 Å². The summed E-state index contributed by atoms with van der Waals surface area (Å²) in [5, 5.41) is 2.61. The highest BCUT2D eigenvalue weighted by molar-refractivity contribution is 5.88. The zero-order chi connectivity index (χ0) is 42.7. The predicted octanol–water partition coefficient (Wildman–Crippen LogP) is 3.21. The van der Waals surface area contributed by atoms with E-state index in [0.29, 0.717) is 25.9 Å². The maximum atomic E-state index is 13.9. The number of Topliss-reactive ketones (excluding diaryl/α,β-unsaturated/α-hetero) is 2. The smallest absolute Gasteiger partial charge is 0.303 e. The van der Waals surface area contributed by atoms with E-state index in [4.69, 9.17) is 42.6 Å². The van der Waals surface area contributed by atoms with E-state index in [2.05, 4.69) is 5.32 Å². The molecule has 0 unspecified atom stereocenters. The Kier molecular flexibility index (Phi) is 21.0. The Morgan fingerprint density at radius 2 is 1.28 bits per heavy atom. The summed E-state index contributed by atoms with van der Waals surface area (Å²) in [6.45, 7) is 6.96. The number of halogens is 4. The number of rotatable bonds is 26. The summed E-state index contributed by atoms with van der Waals surface area (Å²) in [5.41, 5.74) is -1.87. The van der Waals surface area contributed by atoms with Crippen LogP contribution in [-0.4, -0.2) is 124 Å². The van der Waals surface area contributed by atoms with E-state index in [1.807, 2.05) is 0 Å². The fourth-order valence-electron chi connectivity index (χ4n) is 5.28. The summed E-state index contributed by atoms with van der Waals surface area (Å²) in [4.78, 5) is 72.2. The molecule has 1 saturated heterocycles. The van der Waals surface area contributed by atoms with Crippen LogP contribution in [0.1, 0.15) is 73.6 Å². The monoisotopic (exact) mass is 825 g/mol. The Hall–Kier alpha value is -4.24. The zero-order valence-corrected chi connectivity index (χ0v) is 32.8. The third kappa shape index (κ3) is 17.4. The molecule has 1 N–H and O–H groups in total. The average Bonchev–Trinajstić information content (AvgIpc) is 3.12. The van der Waals surface area contributed by atoms with Crippen molar-refractivity contribution in [2.24, 2.45) is 0 Å². The van der Waals surface area contributed by atoms with Gasteiger partial charge in [-0.3, -0.25) is 28.8 Å². The van der Waals surface area contributed by atoms with Gasteiger partial charge < -0.3 is 47.9 Å². The molecule has 1 aliphatic heterocycles. The van der Waals surface area contributed by atoms with E-state index in [1.165, 1.54) is 27.7 Å². The van der Waals surface area contributed by atoms with Gasteiger partial charge in [-0.2, -0.15) is 8.78 Å². The summed E-state index contributed by atoms with van der Waals surface area (Å²) in [6.07, 6.45) is -2.88. The van der Waals surface area contributed by atoms with Crippen LogP contribution in [0.5, 0.6) is 5.75 Å². The second kappa shape index (κ2) is 24.5. The zero-order valence-electron chi connectivity index (χ0n) is 32.8. The largest absolute Gasteiger partial charge is 0.474 e. The van der Waals surface area contributed by atoms with E-state index in [-0.39, 0.29) is 64.3 Å². The van der Waals surface area contributed by atoms with Crippen LogP contribution >= 0.6 is 0 Å². The van der Waals surface area contributed by atoms with E-state index in [0.717, 1.165) is 13.8 Å². The third-order valence-corrected chi connectivity index (χ3v) is 8.02. The van der Waals surface area contributed by atoms with Crippen molar-refractivity contribution in [1.29, 1.82) is 0 Å². The Bertz CT molecular complexity index is 1500. The van der Waals surface area contributed by atoms with Crippen LogP contribution in [0, 0.1) is 23.3 Å². The molecule has 1 aliphatic rings. The molecule has 1 aromatic carbocycles. The minimum atomic E-state index is -1.87. The Balaban J connectivity index is 1.64. The summed E-state index contributed by atoms with van der Waals surface area (Å²) in [5.74, 6) is -11.6. The minimum Gasteiger partial charge on any atom is -0.474 e. The van der Waals surface area contributed by atoms with Gasteiger partial charge in [-0.1, -0.05) is 0 Å². The summed E-state index contributed by atoms with van der Waals surface area (Å²) < 4.78 is 103. The van der Waals surface area contributed by atoms with Gasteiger partial charge in [0.15, 0.2) is 41.5 Å². The van der Waals surface area contributed by atoms with Crippen LogP contribution in [0.2, 0.25) is 0 Å². The van der Waals surface area contributed by atoms with Gasteiger partial charge >= 0.3 is 17.9 Å². The lowest BCUT2D eigenvalue weighted by molar-refractivity contribution is -0.277. The van der Waals surface area contributed by atoms with Gasteiger partial charge in [0.05, 0.1) is 26.4 Å². The number of hydrogen-bond donors (Lipinski definition) is 1. The lowest BCUT2D eigenvalue weighted by atomic mass is 9.96. The topological polar surface area (TPSA) is 198 Å². The van der Waals surface area contributed by atoms with Crippen LogP contribution in [0.3, 0.4) is 0 Å². The molecule has 5 atom stereocenters. The first-order chi connectivity index (χ1) is 26.8. The van der Waals surface area contributed by atoms with Gasteiger partial charge in [-0.05, 0) is 33.1 Å². The number of hydrogen-bond acceptors (Lipinski definition) is 15. The summed E-state index contributed by atoms with van der Waals surface area (Å²) in [7, 11) is 0. The molecule has 20 heteroatoms. The molecule has 1 fully saturated rings. The lowest BCUT2D eigenvalue weighted by Crippen LogP contribution is -2.66. The number of carbonyl (C=O) groups is 6. The normalized spacial score (nSPS) is 19.4. The molecule has 1 heterocycles. The molecule has 16 nitrogen and oxygen atoms in total. The quantitative estimate of drug-likeness (QED) is 0.0470. The van der Waals surface area contributed by atoms with E-state index in [1.54, 1.807) is 0 Å². The van der Waals surface area contributed by atoms with Gasteiger partial charge in [0.1, 0.15) is 31.1 Å². The molecule has 322 valence electrons. The van der Waals surface area contributed by atoms with Crippen LogP contribution < -0.4 is 10.1 Å². The standard InChI is InChI=1S/C37H51F4NO15/c1-21(43)42-32-35(55-24(4)46)33(54-23(3)45)28(19-53-22(2)44)56-36(32)52-13-8-7-10-25(47)11-9-12-49-14-15-50-16-17-51-20-29(48)37(5,6)57-34-30(40)26(38)18-27(39)31(34)41/h18,28,32-33,35-36H,7-17,19-20H2,1-6H3,(H,42,43)/t28-,32-,33+,35-,36-/m1/s1. The fourth-order valence-corrected chi connectivity index (χ4v) is 5.28.